The summed E-state index contributed by atoms with van der Waals surface area (Å²) in [5.74, 6) is -0.0127. The Kier molecular flexibility index (Phi) is 6.49. The highest BCUT2D eigenvalue weighted by Gasteiger charge is 2.27. The number of rotatable bonds is 5. The predicted octanol–water partition coefficient (Wildman–Crippen LogP) is 0.353. The minimum Gasteiger partial charge on any atom is -0.450 e. The molecule has 0 spiro atoms. The number of aliphatic hydroxyl groups is 1. The van der Waals surface area contributed by atoms with E-state index < -0.39 is 0 Å². The first-order valence-electron chi connectivity index (χ1n) is 6.49. The lowest BCUT2D eigenvalue weighted by Crippen LogP contribution is -2.43. The molecule has 0 aliphatic carbocycles. The highest BCUT2D eigenvalue weighted by atomic mass is 16.6. The van der Waals surface area contributed by atoms with Crippen molar-refractivity contribution < 1.29 is 19.4 Å². The summed E-state index contributed by atoms with van der Waals surface area (Å²) < 4.78 is 4.92. The van der Waals surface area contributed by atoms with Gasteiger partial charge >= 0.3 is 6.09 Å². The van der Waals surface area contributed by atoms with Crippen molar-refractivity contribution >= 4 is 12.0 Å². The van der Waals surface area contributed by atoms with Gasteiger partial charge in [0.25, 0.3) is 0 Å². The van der Waals surface area contributed by atoms with E-state index in [4.69, 9.17) is 9.84 Å². The average Bonchev–Trinajstić information content (AvgIpc) is 2.39. The third kappa shape index (κ3) is 4.52. The number of hydrogen-bond donors (Lipinski definition) is 2. The summed E-state index contributed by atoms with van der Waals surface area (Å²) in [7, 11) is 0. The molecule has 1 saturated heterocycles. The van der Waals surface area contributed by atoms with Crippen molar-refractivity contribution in [3.8, 4) is 0 Å². The van der Waals surface area contributed by atoms with Crippen molar-refractivity contribution in [1.29, 1.82) is 0 Å². The summed E-state index contributed by atoms with van der Waals surface area (Å²) in [6.45, 7) is 3.88. The molecule has 6 nitrogen and oxygen atoms in total. The first kappa shape index (κ1) is 14.8. The molecule has 1 aliphatic heterocycles. The standard InChI is InChI=1S/C12H22N2O4/c1-2-18-12(17)14-7-4-10(5-8-14)11(16)13-6-3-9-15/h10,15H,2-9H2,1H3,(H,13,16). The van der Waals surface area contributed by atoms with E-state index >= 15 is 0 Å². The zero-order valence-corrected chi connectivity index (χ0v) is 10.9. The maximum absolute atomic E-state index is 11.7. The minimum atomic E-state index is -0.295. The van der Waals surface area contributed by atoms with Crippen molar-refractivity contribution in [2.45, 2.75) is 26.2 Å². The quantitative estimate of drug-likeness (QED) is 0.698. The Morgan fingerprint density at radius 1 is 1.39 bits per heavy atom. The number of piperidine rings is 1. The van der Waals surface area contributed by atoms with Gasteiger partial charge in [0.1, 0.15) is 0 Å². The van der Waals surface area contributed by atoms with Crippen LogP contribution in [0.15, 0.2) is 0 Å². The van der Waals surface area contributed by atoms with Gasteiger partial charge in [0.15, 0.2) is 0 Å². The van der Waals surface area contributed by atoms with Crippen LogP contribution >= 0.6 is 0 Å². The summed E-state index contributed by atoms with van der Waals surface area (Å²) in [5, 5.41) is 11.4. The number of hydrogen-bond acceptors (Lipinski definition) is 4. The van der Waals surface area contributed by atoms with Crippen LogP contribution in [-0.2, 0) is 9.53 Å². The third-order valence-electron chi connectivity index (χ3n) is 3.03. The van der Waals surface area contributed by atoms with Crippen molar-refractivity contribution in [2.24, 2.45) is 5.92 Å². The van der Waals surface area contributed by atoms with Gasteiger partial charge in [-0.3, -0.25) is 4.79 Å². The highest BCUT2D eigenvalue weighted by molar-refractivity contribution is 5.79. The predicted molar refractivity (Wildman–Crippen MR) is 66.0 cm³/mol. The number of likely N-dealkylation sites (tertiary alicyclic amines) is 1. The molecule has 6 heteroatoms. The van der Waals surface area contributed by atoms with Gasteiger partial charge in [-0.05, 0) is 26.2 Å². The molecule has 0 radical (unpaired) electrons. The zero-order chi connectivity index (χ0) is 13.4. The molecule has 1 fully saturated rings. The van der Waals surface area contributed by atoms with Gasteiger partial charge in [0.05, 0.1) is 6.61 Å². The third-order valence-corrected chi connectivity index (χ3v) is 3.03. The summed E-state index contributed by atoms with van der Waals surface area (Å²) in [6.07, 6.45) is 1.62. The van der Waals surface area contributed by atoms with Crippen LogP contribution < -0.4 is 5.32 Å². The SMILES string of the molecule is CCOC(=O)N1CCC(C(=O)NCCCO)CC1. The Morgan fingerprint density at radius 3 is 2.61 bits per heavy atom. The number of amides is 2. The fraction of sp³-hybridized carbons (Fsp3) is 0.833. The second-order valence-electron chi connectivity index (χ2n) is 4.33. The van der Waals surface area contributed by atoms with Crippen LogP contribution in [-0.4, -0.2) is 54.9 Å². The number of nitrogens with zero attached hydrogens (tertiary/aromatic N) is 1. The van der Waals surface area contributed by atoms with Crippen LogP contribution in [0.4, 0.5) is 4.79 Å². The Morgan fingerprint density at radius 2 is 2.06 bits per heavy atom. The molecule has 0 bridgehead atoms. The molecule has 0 aromatic rings. The van der Waals surface area contributed by atoms with Crippen molar-refractivity contribution in [3.05, 3.63) is 0 Å². The lowest BCUT2D eigenvalue weighted by molar-refractivity contribution is -0.126. The second-order valence-corrected chi connectivity index (χ2v) is 4.33. The molecule has 0 unspecified atom stereocenters. The van der Waals surface area contributed by atoms with Gasteiger partial charge in [-0.2, -0.15) is 0 Å². The molecular formula is C12H22N2O4. The Bertz CT molecular complexity index is 275. The molecule has 0 aromatic carbocycles. The van der Waals surface area contributed by atoms with E-state index in [-0.39, 0.29) is 24.5 Å². The van der Waals surface area contributed by atoms with E-state index in [1.807, 2.05) is 0 Å². The lowest BCUT2D eigenvalue weighted by atomic mass is 9.96. The average molecular weight is 258 g/mol. The Labute approximate surface area is 107 Å². The summed E-state index contributed by atoms with van der Waals surface area (Å²) in [5.41, 5.74) is 0. The molecule has 2 N–H and O–H groups in total. The molecule has 0 atom stereocenters. The Balaban J connectivity index is 2.26. The fourth-order valence-electron chi connectivity index (χ4n) is 1.97. The number of carbonyl (C=O) groups is 2. The van der Waals surface area contributed by atoms with Crippen LogP contribution in [0.5, 0.6) is 0 Å². The van der Waals surface area contributed by atoms with E-state index in [0.29, 0.717) is 45.5 Å². The zero-order valence-electron chi connectivity index (χ0n) is 10.9. The Hall–Kier alpha value is -1.30. The molecule has 18 heavy (non-hydrogen) atoms. The van der Waals surface area contributed by atoms with Crippen LogP contribution in [0.2, 0.25) is 0 Å². The van der Waals surface area contributed by atoms with Crippen LogP contribution in [0.25, 0.3) is 0 Å². The molecule has 1 rings (SSSR count). The molecule has 0 saturated carbocycles. The van der Waals surface area contributed by atoms with E-state index in [9.17, 15) is 9.59 Å². The fourth-order valence-corrected chi connectivity index (χ4v) is 1.97. The molecule has 1 heterocycles. The number of aliphatic hydroxyl groups excluding tert-OH is 1. The van der Waals surface area contributed by atoms with Gasteiger partial charge in [0, 0.05) is 32.2 Å². The first-order chi connectivity index (χ1) is 8.69. The van der Waals surface area contributed by atoms with Gasteiger partial charge in [-0.1, -0.05) is 0 Å². The van der Waals surface area contributed by atoms with Crippen molar-refractivity contribution in [1.82, 2.24) is 10.2 Å². The van der Waals surface area contributed by atoms with Gasteiger partial charge in [-0.25, -0.2) is 4.79 Å². The molecular weight excluding hydrogens is 236 g/mol. The summed E-state index contributed by atoms with van der Waals surface area (Å²) >= 11 is 0. The monoisotopic (exact) mass is 258 g/mol. The van der Waals surface area contributed by atoms with E-state index in [2.05, 4.69) is 5.32 Å². The lowest BCUT2D eigenvalue weighted by Gasteiger charge is -2.30. The van der Waals surface area contributed by atoms with Gasteiger partial charge in [-0.15, -0.1) is 0 Å². The maximum atomic E-state index is 11.7. The maximum Gasteiger partial charge on any atom is 0.409 e. The molecule has 0 aromatic heterocycles. The number of carbonyl (C=O) groups excluding carboxylic acids is 2. The van der Waals surface area contributed by atoms with E-state index in [0.717, 1.165) is 0 Å². The molecule has 1 aliphatic rings. The van der Waals surface area contributed by atoms with E-state index in [1.54, 1.807) is 11.8 Å². The first-order valence-corrected chi connectivity index (χ1v) is 6.49. The molecule has 2 amide bonds. The van der Waals surface area contributed by atoms with Crippen molar-refractivity contribution in [3.63, 3.8) is 0 Å². The van der Waals surface area contributed by atoms with E-state index in [1.165, 1.54) is 0 Å². The minimum absolute atomic E-state index is 0.0203. The topological polar surface area (TPSA) is 78.9 Å². The summed E-state index contributed by atoms with van der Waals surface area (Å²) in [4.78, 5) is 24.8. The van der Waals surface area contributed by atoms with Crippen LogP contribution in [0.1, 0.15) is 26.2 Å². The van der Waals surface area contributed by atoms with Gasteiger partial charge in [0.2, 0.25) is 5.91 Å². The largest absolute Gasteiger partial charge is 0.450 e. The van der Waals surface area contributed by atoms with Crippen molar-refractivity contribution in [2.75, 3.05) is 32.8 Å². The smallest absolute Gasteiger partial charge is 0.409 e. The second kappa shape index (κ2) is 7.92. The number of ether oxygens (including phenoxy) is 1. The number of nitrogens with one attached hydrogen (secondary N) is 1. The van der Waals surface area contributed by atoms with Crippen LogP contribution in [0, 0.1) is 5.92 Å². The summed E-state index contributed by atoms with van der Waals surface area (Å²) in [6, 6.07) is 0. The highest BCUT2D eigenvalue weighted by Crippen LogP contribution is 2.17. The van der Waals surface area contributed by atoms with Crippen LogP contribution in [0.3, 0.4) is 0 Å². The van der Waals surface area contributed by atoms with Gasteiger partial charge < -0.3 is 20.1 Å². The molecule has 104 valence electrons. The normalized spacial score (nSPS) is 16.4.